The average Bonchev–Trinajstić information content (AvgIpc) is 2.50. The summed E-state index contributed by atoms with van der Waals surface area (Å²) in [5.74, 6) is -0.399. The molecule has 2 rings (SSSR count). The summed E-state index contributed by atoms with van der Waals surface area (Å²) in [6, 6.07) is 11.9. The van der Waals surface area contributed by atoms with Crippen molar-refractivity contribution in [2.24, 2.45) is 5.10 Å². The molecule has 0 heterocycles. The topological polar surface area (TPSA) is 70.9 Å². The summed E-state index contributed by atoms with van der Waals surface area (Å²) in [7, 11) is 0. The lowest BCUT2D eigenvalue weighted by Crippen LogP contribution is -2.06. The van der Waals surface area contributed by atoms with Crippen LogP contribution >= 0.6 is 11.6 Å². The molecule has 0 amide bonds. The first kappa shape index (κ1) is 16.8. The molecule has 120 valence electrons. The van der Waals surface area contributed by atoms with E-state index in [-0.39, 0.29) is 11.7 Å². The number of rotatable bonds is 6. The predicted molar refractivity (Wildman–Crippen MR) is 91.8 cm³/mol. The Labute approximate surface area is 139 Å². The van der Waals surface area contributed by atoms with Gasteiger partial charge >= 0.3 is 5.97 Å². The second-order valence-corrected chi connectivity index (χ2v) is 5.48. The van der Waals surface area contributed by atoms with Gasteiger partial charge < -0.3 is 9.84 Å². The number of para-hydroxylation sites is 1. The molecule has 0 atom stereocenters. The van der Waals surface area contributed by atoms with Crippen molar-refractivity contribution in [3.63, 3.8) is 0 Å². The van der Waals surface area contributed by atoms with Crippen LogP contribution in [0.25, 0.3) is 0 Å². The van der Waals surface area contributed by atoms with Crippen molar-refractivity contribution in [1.82, 2.24) is 0 Å². The Bertz CT molecular complexity index is 730. The lowest BCUT2D eigenvalue weighted by Gasteiger charge is -2.11. The third-order valence-corrected chi connectivity index (χ3v) is 3.17. The number of nitrogens with one attached hydrogen (secondary N) is 1. The van der Waals surface area contributed by atoms with Crippen molar-refractivity contribution in [3.8, 4) is 5.75 Å². The first-order valence-electron chi connectivity index (χ1n) is 7.05. The Kier molecular flexibility index (Phi) is 5.60. The van der Waals surface area contributed by atoms with Gasteiger partial charge in [0.25, 0.3) is 0 Å². The first-order valence-corrected chi connectivity index (χ1v) is 7.43. The van der Waals surface area contributed by atoms with Gasteiger partial charge in [-0.2, -0.15) is 5.10 Å². The summed E-state index contributed by atoms with van der Waals surface area (Å²) in [4.78, 5) is 11.1. The van der Waals surface area contributed by atoms with E-state index in [0.717, 1.165) is 5.56 Å². The molecule has 0 saturated heterocycles. The molecule has 6 heteroatoms. The Balaban J connectivity index is 2.10. The molecule has 0 fully saturated rings. The van der Waals surface area contributed by atoms with E-state index in [0.29, 0.717) is 16.5 Å². The zero-order chi connectivity index (χ0) is 16.8. The fourth-order valence-electron chi connectivity index (χ4n) is 1.89. The number of hydrogen-bond donors (Lipinski definition) is 2. The van der Waals surface area contributed by atoms with Gasteiger partial charge in [-0.15, -0.1) is 0 Å². The molecule has 0 aromatic heterocycles. The lowest BCUT2D eigenvalue weighted by molar-refractivity contribution is 0.0698. The molecule has 0 aliphatic carbocycles. The highest BCUT2D eigenvalue weighted by atomic mass is 35.5. The Morgan fingerprint density at radius 3 is 2.70 bits per heavy atom. The molecule has 0 saturated carbocycles. The van der Waals surface area contributed by atoms with Gasteiger partial charge in [0.15, 0.2) is 0 Å². The van der Waals surface area contributed by atoms with E-state index in [2.05, 4.69) is 10.5 Å². The van der Waals surface area contributed by atoms with Crippen molar-refractivity contribution < 1.29 is 14.6 Å². The maximum Gasteiger partial charge on any atom is 0.337 e. The third kappa shape index (κ3) is 4.72. The predicted octanol–water partition coefficient (Wildman–Crippen LogP) is 4.27. The minimum absolute atomic E-state index is 0.0428. The van der Waals surface area contributed by atoms with Gasteiger partial charge in [0.05, 0.1) is 28.6 Å². The lowest BCUT2D eigenvalue weighted by atomic mass is 10.2. The van der Waals surface area contributed by atoms with Gasteiger partial charge in [0.1, 0.15) is 5.75 Å². The van der Waals surface area contributed by atoms with E-state index < -0.39 is 5.97 Å². The number of carboxylic acid groups (broad SMARTS) is 1. The largest absolute Gasteiger partial charge is 0.489 e. The smallest absolute Gasteiger partial charge is 0.337 e. The van der Waals surface area contributed by atoms with E-state index in [4.69, 9.17) is 21.4 Å². The summed E-state index contributed by atoms with van der Waals surface area (Å²) < 4.78 is 5.56. The van der Waals surface area contributed by atoms with Gasteiger partial charge in [-0.05, 0) is 49.7 Å². The zero-order valence-corrected chi connectivity index (χ0v) is 13.5. The average molecular weight is 333 g/mol. The third-order valence-electron chi connectivity index (χ3n) is 2.87. The Morgan fingerprint density at radius 1 is 1.30 bits per heavy atom. The molecule has 2 aromatic rings. The van der Waals surface area contributed by atoms with Crippen LogP contribution in [0.1, 0.15) is 29.8 Å². The summed E-state index contributed by atoms with van der Waals surface area (Å²) >= 11 is 6.15. The monoisotopic (exact) mass is 332 g/mol. The number of carboxylic acids is 1. The van der Waals surface area contributed by atoms with Crippen LogP contribution in [-0.4, -0.2) is 23.4 Å². The molecule has 0 spiro atoms. The van der Waals surface area contributed by atoms with Crippen LogP contribution in [0.4, 0.5) is 5.69 Å². The van der Waals surface area contributed by atoms with Crippen LogP contribution in [0.5, 0.6) is 5.75 Å². The van der Waals surface area contributed by atoms with E-state index in [9.17, 15) is 4.79 Å². The highest BCUT2D eigenvalue weighted by Crippen LogP contribution is 2.26. The maximum atomic E-state index is 11.1. The maximum absolute atomic E-state index is 11.1. The summed E-state index contributed by atoms with van der Waals surface area (Å²) in [5.41, 5.74) is 4.07. The fraction of sp³-hybridized carbons (Fsp3) is 0.176. The summed E-state index contributed by atoms with van der Waals surface area (Å²) in [5, 5.41) is 13.6. The fourth-order valence-corrected chi connectivity index (χ4v) is 2.12. The number of hydrogen-bond acceptors (Lipinski definition) is 4. The zero-order valence-electron chi connectivity index (χ0n) is 12.8. The Hall–Kier alpha value is -2.53. The molecular weight excluding hydrogens is 316 g/mol. The molecule has 0 bridgehead atoms. The number of benzene rings is 2. The number of halogens is 1. The normalized spacial score (nSPS) is 11.0. The van der Waals surface area contributed by atoms with Crippen molar-refractivity contribution in [2.75, 3.05) is 5.43 Å². The highest BCUT2D eigenvalue weighted by Gasteiger charge is 2.08. The van der Waals surface area contributed by atoms with Crippen LogP contribution in [0.15, 0.2) is 47.6 Å². The van der Waals surface area contributed by atoms with Gasteiger partial charge in [0, 0.05) is 0 Å². The van der Waals surface area contributed by atoms with Crippen LogP contribution in [-0.2, 0) is 0 Å². The van der Waals surface area contributed by atoms with Gasteiger partial charge in [0.2, 0.25) is 0 Å². The summed E-state index contributed by atoms with van der Waals surface area (Å²) in [6.07, 6.45) is 1.60. The summed E-state index contributed by atoms with van der Waals surface area (Å²) in [6.45, 7) is 3.85. The molecular formula is C17H17ClN2O3. The second kappa shape index (κ2) is 7.65. The van der Waals surface area contributed by atoms with Crippen LogP contribution in [0, 0.1) is 0 Å². The minimum Gasteiger partial charge on any atom is -0.489 e. The molecule has 0 aliphatic rings. The van der Waals surface area contributed by atoms with E-state index in [1.807, 2.05) is 19.9 Å². The molecule has 5 nitrogen and oxygen atoms in total. The van der Waals surface area contributed by atoms with E-state index in [1.165, 1.54) is 6.07 Å². The molecule has 2 N–H and O–H groups in total. The standard InChI is InChI=1S/C17H17ClN2O3/c1-11(2)23-16-8-7-12(9-14(16)18)10-19-20-15-6-4-3-5-13(15)17(21)22/h3-11,20H,1-2H3,(H,21,22). The number of anilines is 1. The van der Waals surface area contributed by atoms with Crippen LogP contribution in [0.2, 0.25) is 5.02 Å². The van der Waals surface area contributed by atoms with Crippen molar-refractivity contribution >= 4 is 29.5 Å². The number of ether oxygens (including phenoxy) is 1. The first-order chi connectivity index (χ1) is 11.0. The van der Waals surface area contributed by atoms with Crippen molar-refractivity contribution in [2.45, 2.75) is 20.0 Å². The van der Waals surface area contributed by atoms with E-state index >= 15 is 0 Å². The van der Waals surface area contributed by atoms with Gasteiger partial charge in [-0.1, -0.05) is 23.7 Å². The highest BCUT2D eigenvalue weighted by molar-refractivity contribution is 6.32. The number of nitrogens with zero attached hydrogens (tertiary/aromatic N) is 1. The molecule has 2 aromatic carbocycles. The quantitative estimate of drug-likeness (QED) is 0.612. The minimum atomic E-state index is -1.01. The second-order valence-electron chi connectivity index (χ2n) is 5.08. The van der Waals surface area contributed by atoms with Gasteiger partial charge in [-0.3, -0.25) is 5.43 Å². The SMILES string of the molecule is CC(C)Oc1ccc(C=NNc2ccccc2C(=O)O)cc1Cl. The number of hydrazone groups is 1. The van der Waals surface area contributed by atoms with Crippen molar-refractivity contribution in [3.05, 3.63) is 58.6 Å². The molecule has 23 heavy (non-hydrogen) atoms. The van der Waals surface area contributed by atoms with Crippen LogP contribution in [0.3, 0.4) is 0 Å². The van der Waals surface area contributed by atoms with Crippen LogP contribution < -0.4 is 10.2 Å². The van der Waals surface area contributed by atoms with E-state index in [1.54, 1.807) is 36.5 Å². The number of carbonyl (C=O) groups is 1. The molecule has 0 aliphatic heterocycles. The molecule has 0 unspecified atom stereocenters. The van der Waals surface area contributed by atoms with Gasteiger partial charge in [-0.25, -0.2) is 4.79 Å². The number of aromatic carboxylic acids is 1. The Morgan fingerprint density at radius 2 is 2.04 bits per heavy atom. The molecule has 0 radical (unpaired) electrons. The van der Waals surface area contributed by atoms with Crippen molar-refractivity contribution in [1.29, 1.82) is 0 Å².